The van der Waals surface area contributed by atoms with E-state index >= 15 is 0 Å². The van der Waals surface area contributed by atoms with Crippen LogP contribution in [0.25, 0.3) is 0 Å². The van der Waals surface area contributed by atoms with E-state index in [9.17, 15) is 4.79 Å². The fraction of sp³-hybridized carbons (Fsp3) is 0.316. The van der Waals surface area contributed by atoms with Gasteiger partial charge in [-0.1, -0.05) is 69.3 Å². The van der Waals surface area contributed by atoms with Gasteiger partial charge in [0.2, 0.25) is 0 Å². The number of hydrogen-bond donors (Lipinski definition) is 1. The summed E-state index contributed by atoms with van der Waals surface area (Å²) < 4.78 is 0. The molecule has 0 aliphatic carbocycles. The van der Waals surface area contributed by atoms with Crippen molar-refractivity contribution in [3.05, 3.63) is 71.3 Å². The summed E-state index contributed by atoms with van der Waals surface area (Å²) in [6.45, 7) is 8.39. The molecule has 0 aromatic heterocycles. The van der Waals surface area contributed by atoms with E-state index in [4.69, 9.17) is 0 Å². The maximum Gasteiger partial charge on any atom is 0.252 e. The third-order valence-corrected chi connectivity index (χ3v) is 3.66. The third kappa shape index (κ3) is 3.72. The predicted molar refractivity (Wildman–Crippen MR) is 87.3 cm³/mol. The van der Waals surface area contributed by atoms with Gasteiger partial charge in [0.25, 0.3) is 5.91 Å². The quantitative estimate of drug-likeness (QED) is 0.881. The van der Waals surface area contributed by atoms with E-state index < -0.39 is 0 Å². The molecule has 2 aromatic carbocycles. The maximum atomic E-state index is 12.6. The minimum absolute atomic E-state index is 0.0168. The number of benzene rings is 2. The summed E-state index contributed by atoms with van der Waals surface area (Å²) in [5.41, 5.74) is 2.81. The van der Waals surface area contributed by atoms with Gasteiger partial charge in [0.05, 0.1) is 6.04 Å². The number of carbonyl (C=O) groups is 1. The monoisotopic (exact) mass is 281 g/mol. The van der Waals surface area contributed by atoms with Crippen LogP contribution < -0.4 is 5.32 Å². The number of rotatable bonds is 3. The number of aryl methyl sites for hydroxylation is 1. The van der Waals surface area contributed by atoms with Crippen molar-refractivity contribution in [2.75, 3.05) is 0 Å². The molecule has 2 nitrogen and oxygen atoms in total. The van der Waals surface area contributed by atoms with Crippen molar-refractivity contribution in [1.82, 2.24) is 5.32 Å². The van der Waals surface area contributed by atoms with E-state index in [1.807, 2.05) is 49.4 Å². The van der Waals surface area contributed by atoms with Gasteiger partial charge in [-0.15, -0.1) is 0 Å². The topological polar surface area (TPSA) is 29.1 Å². The highest BCUT2D eigenvalue weighted by Gasteiger charge is 2.28. The van der Waals surface area contributed by atoms with Gasteiger partial charge in [-0.3, -0.25) is 4.79 Å². The molecule has 0 radical (unpaired) electrons. The maximum absolute atomic E-state index is 12.6. The zero-order chi connectivity index (χ0) is 15.5. The molecule has 0 aliphatic rings. The lowest BCUT2D eigenvalue weighted by Crippen LogP contribution is -2.36. The molecule has 0 bridgehead atoms. The van der Waals surface area contributed by atoms with E-state index in [1.165, 1.54) is 0 Å². The Bertz CT molecular complexity index is 611. The van der Waals surface area contributed by atoms with E-state index in [-0.39, 0.29) is 17.4 Å². The lowest BCUT2D eigenvalue weighted by Gasteiger charge is -2.32. The Kier molecular flexibility index (Phi) is 4.46. The Morgan fingerprint density at radius 1 is 0.952 bits per heavy atom. The van der Waals surface area contributed by atoms with Crippen molar-refractivity contribution in [3.8, 4) is 0 Å². The molecule has 0 spiro atoms. The number of nitrogens with one attached hydrogen (secondary N) is 1. The van der Waals surface area contributed by atoms with E-state index in [2.05, 4.69) is 38.2 Å². The average molecular weight is 281 g/mol. The average Bonchev–Trinajstić information content (AvgIpc) is 2.44. The van der Waals surface area contributed by atoms with Gasteiger partial charge in [0, 0.05) is 5.56 Å². The Labute approximate surface area is 127 Å². The minimum atomic E-state index is -0.0559. The highest BCUT2D eigenvalue weighted by atomic mass is 16.1. The molecule has 0 aliphatic heterocycles. The summed E-state index contributed by atoms with van der Waals surface area (Å²) >= 11 is 0. The SMILES string of the molecule is Cc1ccccc1C(=O)N[C@@H](c1ccccc1)C(C)(C)C. The molecule has 0 saturated carbocycles. The van der Waals surface area contributed by atoms with Crippen LogP contribution in [0.3, 0.4) is 0 Å². The Morgan fingerprint density at radius 3 is 2.10 bits per heavy atom. The Morgan fingerprint density at radius 2 is 1.52 bits per heavy atom. The van der Waals surface area contributed by atoms with Crippen molar-refractivity contribution in [2.45, 2.75) is 33.7 Å². The van der Waals surface area contributed by atoms with Crippen LogP contribution in [-0.2, 0) is 0 Å². The van der Waals surface area contributed by atoms with Crippen LogP contribution in [0.5, 0.6) is 0 Å². The van der Waals surface area contributed by atoms with E-state index in [1.54, 1.807) is 0 Å². The van der Waals surface area contributed by atoms with Crippen LogP contribution in [0.4, 0.5) is 0 Å². The number of carbonyl (C=O) groups excluding carboxylic acids is 1. The summed E-state index contributed by atoms with van der Waals surface area (Å²) in [7, 11) is 0. The van der Waals surface area contributed by atoms with Crippen LogP contribution in [0, 0.1) is 12.3 Å². The first-order valence-corrected chi connectivity index (χ1v) is 7.31. The summed E-state index contributed by atoms with van der Waals surface area (Å²) in [5, 5.41) is 3.19. The molecule has 0 unspecified atom stereocenters. The summed E-state index contributed by atoms with van der Waals surface area (Å²) in [4.78, 5) is 12.6. The van der Waals surface area contributed by atoms with Crippen molar-refractivity contribution in [1.29, 1.82) is 0 Å². The van der Waals surface area contributed by atoms with Crippen LogP contribution in [0.15, 0.2) is 54.6 Å². The largest absolute Gasteiger partial charge is 0.345 e. The van der Waals surface area contributed by atoms with Crippen molar-refractivity contribution in [3.63, 3.8) is 0 Å². The summed E-state index contributed by atoms with van der Waals surface area (Å²) in [6.07, 6.45) is 0. The normalized spacial score (nSPS) is 12.8. The lowest BCUT2D eigenvalue weighted by atomic mass is 9.82. The molecule has 1 amide bonds. The molecule has 110 valence electrons. The van der Waals surface area contributed by atoms with Crippen LogP contribution in [0.2, 0.25) is 0 Å². The summed E-state index contributed by atoms with van der Waals surface area (Å²) in [5.74, 6) is -0.0168. The zero-order valence-electron chi connectivity index (χ0n) is 13.2. The first kappa shape index (κ1) is 15.3. The van der Waals surface area contributed by atoms with Gasteiger partial charge < -0.3 is 5.32 Å². The second-order valence-electron chi connectivity index (χ2n) is 6.50. The van der Waals surface area contributed by atoms with Gasteiger partial charge in [-0.2, -0.15) is 0 Å². The molecule has 2 rings (SSSR count). The van der Waals surface area contributed by atoms with Gasteiger partial charge in [-0.25, -0.2) is 0 Å². The first-order valence-electron chi connectivity index (χ1n) is 7.31. The standard InChI is InChI=1S/C19H23NO/c1-14-10-8-9-13-16(14)18(21)20-17(19(2,3)4)15-11-6-5-7-12-15/h5-13,17H,1-4H3,(H,20,21)/t17-/m0/s1. The molecular weight excluding hydrogens is 258 g/mol. The lowest BCUT2D eigenvalue weighted by molar-refractivity contribution is 0.0901. The molecule has 0 saturated heterocycles. The molecule has 21 heavy (non-hydrogen) atoms. The molecule has 2 heteroatoms. The van der Waals surface area contributed by atoms with Gasteiger partial charge >= 0.3 is 0 Å². The second kappa shape index (κ2) is 6.13. The van der Waals surface area contributed by atoms with Crippen LogP contribution in [-0.4, -0.2) is 5.91 Å². The Hall–Kier alpha value is -2.09. The molecule has 1 N–H and O–H groups in total. The van der Waals surface area contributed by atoms with Crippen LogP contribution in [0.1, 0.15) is 48.3 Å². The van der Waals surface area contributed by atoms with Gasteiger partial charge in [-0.05, 0) is 29.5 Å². The van der Waals surface area contributed by atoms with Crippen molar-refractivity contribution in [2.24, 2.45) is 5.41 Å². The molecule has 0 heterocycles. The van der Waals surface area contributed by atoms with Crippen molar-refractivity contribution >= 4 is 5.91 Å². The van der Waals surface area contributed by atoms with Crippen LogP contribution >= 0.6 is 0 Å². The van der Waals surface area contributed by atoms with Crippen molar-refractivity contribution < 1.29 is 4.79 Å². The van der Waals surface area contributed by atoms with E-state index in [0.29, 0.717) is 0 Å². The zero-order valence-corrected chi connectivity index (χ0v) is 13.2. The fourth-order valence-corrected chi connectivity index (χ4v) is 2.48. The third-order valence-electron chi connectivity index (χ3n) is 3.66. The Balaban J connectivity index is 2.29. The minimum Gasteiger partial charge on any atom is -0.345 e. The number of amides is 1. The molecular formula is C19H23NO. The predicted octanol–water partition coefficient (Wildman–Crippen LogP) is 4.51. The van der Waals surface area contributed by atoms with Gasteiger partial charge in [0.1, 0.15) is 0 Å². The highest BCUT2D eigenvalue weighted by Crippen LogP contribution is 2.32. The second-order valence-corrected chi connectivity index (χ2v) is 6.50. The van der Waals surface area contributed by atoms with Gasteiger partial charge in [0.15, 0.2) is 0 Å². The molecule has 1 atom stereocenters. The van der Waals surface area contributed by atoms with E-state index in [0.717, 1.165) is 16.7 Å². The number of hydrogen-bond acceptors (Lipinski definition) is 1. The highest BCUT2D eigenvalue weighted by molar-refractivity contribution is 5.95. The smallest absolute Gasteiger partial charge is 0.252 e. The molecule has 0 fully saturated rings. The first-order chi connectivity index (χ1) is 9.89. The summed E-state index contributed by atoms with van der Waals surface area (Å²) in [6, 6.07) is 17.8. The fourth-order valence-electron chi connectivity index (χ4n) is 2.48. The molecule has 2 aromatic rings.